The van der Waals surface area contributed by atoms with Crippen LogP contribution in [0.25, 0.3) is 32.1 Å². The van der Waals surface area contributed by atoms with E-state index in [0.29, 0.717) is 0 Å². The van der Waals surface area contributed by atoms with Crippen molar-refractivity contribution in [1.82, 2.24) is 4.98 Å². The largest absolute Gasteiger partial charge is 0.287 e. The van der Waals surface area contributed by atoms with Crippen LogP contribution in [0.3, 0.4) is 0 Å². The average Bonchev–Trinajstić information content (AvgIpc) is 3.31. The number of thiophene rings is 3. The molecule has 0 aliphatic carbocycles. The number of nitro groups is 1. The molecule has 0 aromatic carbocycles. The lowest BCUT2D eigenvalue weighted by Gasteiger charge is -2.03. The third-order valence-corrected chi connectivity index (χ3v) is 7.68. The van der Waals surface area contributed by atoms with Gasteiger partial charge in [-0.2, -0.15) is 0 Å². The summed E-state index contributed by atoms with van der Waals surface area (Å²) in [5.41, 5.74) is 4.50. The fourth-order valence-electron chi connectivity index (χ4n) is 3.31. The predicted molar refractivity (Wildman–Crippen MR) is 120 cm³/mol. The van der Waals surface area contributed by atoms with Gasteiger partial charge in [-0.05, 0) is 57.5 Å². The molecule has 4 rings (SSSR count). The van der Waals surface area contributed by atoms with Crippen LogP contribution in [0.4, 0.5) is 5.69 Å². The number of aromatic nitrogens is 1. The molecule has 0 atom stereocenters. The van der Waals surface area contributed by atoms with Crippen molar-refractivity contribution in [2.45, 2.75) is 27.7 Å². The first kappa shape index (κ1) is 19.0. The summed E-state index contributed by atoms with van der Waals surface area (Å²) < 4.78 is 0. The Morgan fingerprint density at radius 1 is 0.857 bits per heavy atom. The lowest BCUT2D eigenvalue weighted by atomic mass is 10.0. The molecule has 0 saturated heterocycles. The van der Waals surface area contributed by atoms with Crippen LogP contribution in [-0.2, 0) is 0 Å². The van der Waals surface area contributed by atoms with Crippen molar-refractivity contribution in [2.75, 3.05) is 0 Å². The van der Waals surface area contributed by atoms with Gasteiger partial charge in [-0.15, -0.1) is 34.0 Å². The van der Waals surface area contributed by atoms with E-state index in [0.717, 1.165) is 10.6 Å². The van der Waals surface area contributed by atoms with E-state index in [-0.39, 0.29) is 5.69 Å². The van der Waals surface area contributed by atoms with Gasteiger partial charge in [0.05, 0.1) is 15.5 Å². The fourth-order valence-corrected chi connectivity index (χ4v) is 6.47. The Kier molecular flexibility index (Phi) is 4.91. The minimum absolute atomic E-state index is 0.00867. The van der Waals surface area contributed by atoms with E-state index >= 15 is 0 Å². The maximum Gasteiger partial charge on any atom is 0.287 e. The molecule has 0 unspecified atom stereocenters. The van der Waals surface area contributed by atoms with E-state index in [1.54, 1.807) is 40.1 Å². The second-order valence-electron chi connectivity index (χ2n) is 6.67. The van der Waals surface area contributed by atoms with Crippen LogP contribution in [0.1, 0.15) is 19.5 Å². The molecule has 4 nitrogen and oxygen atoms in total. The molecular weight excluding hydrogens is 408 g/mol. The molecule has 0 bridgehead atoms. The molecular formula is C21H18N2O2S3. The Labute approximate surface area is 175 Å². The maximum atomic E-state index is 10.9. The monoisotopic (exact) mass is 426 g/mol. The van der Waals surface area contributed by atoms with Crippen molar-refractivity contribution in [3.05, 3.63) is 66.2 Å². The van der Waals surface area contributed by atoms with Crippen molar-refractivity contribution in [1.29, 1.82) is 0 Å². The topological polar surface area (TPSA) is 56.0 Å². The van der Waals surface area contributed by atoms with E-state index in [4.69, 9.17) is 0 Å². The van der Waals surface area contributed by atoms with Crippen LogP contribution in [0.2, 0.25) is 0 Å². The molecule has 0 amide bonds. The second kappa shape index (κ2) is 7.24. The zero-order valence-electron chi connectivity index (χ0n) is 15.9. The third-order valence-electron chi connectivity index (χ3n) is 4.56. The van der Waals surface area contributed by atoms with Crippen molar-refractivity contribution in [3.63, 3.8) is 0 Å². The van der Waals surface area contributed by atoms with Gasteiger partial charge in [-0.1, -0.05) is 0 Å². The normalized spacial score (nSPS) is 11.1. The summed E-state index contributed by atoms with van der Waals surface area (Å²) in [6, 6.07) is 9.91. The number of hydrogen-bond donors (Lipinski definition) is 0. The number of pyridine rings is 1. The summed E-state index contributed by atoms with van der Waals surface area (Å²) >= 11 is 5.31. The Morgan fingerprint density at radius 2 is 1.50 bits per heavy atom. The van der Waals surface area contributed by atoms with Crippen LogP contribution in [0.5, 0.6) is 0 Å². The summed E-state index contributed by atoms with van der Waals surface area (Å²) in [5.74, 6) is 0. The summed E-state index contributed by atoms with van der Waals surface area (Å²) in [6.07, 6.45) is 1.33. The quantitative estimate of drug-likeness (QED) is 0.252. The highest BCUT2D eigenvalue weighted by Crippen LogP contribution is 2.47. The van der Waals surface area contributed by atoms with E-state index < -0.39 is 4.92 Å². The average molecular weight is 427 g/mol. The summed E-state index contributed by atoms with van der Waals surface area (Å²) in [4.78, 5) is 22.3. The molecule has 0 saturated carbocycles. The standard InChI is InChI=1S/C21H18N2O2S3/c1-11-7-16(13(3)26-11)18-9-20(19-6-5-15(10-22-19)23(24)25)28-21(18)17-8-12(2)27-14(17)4/h5-10H,1-4H3. The van der Waals surface area contributed by atoms with Crippen molar-refractivity contribution in [3.8, 4) is 32.1 Å². The van der Waals surface area contributed by atoms with Crippen LogP contribution >= 0.6 is 34.0 Å². The molecule has 28 heavy (non-hydrogen) atoms. The molecule has 4 aromatic rings. The SMILES string of the molecule is Cc1cc(-c2cc(-c3ccc([N+](=O)[O-])cn3)sc2-c2cc(C)sc2C)c(C)s1. The number of nitrogens with zero attached hydrogens (tertiary/aromatic N) is 2. The van der Waals surface area contributed by atoms with Crippen LogP contribution in [0.15, 0.2) is 36.5 Å². The third kappa shape index (κ3) is 3.41. The van der Waals surface area contributed by atoms with Crippen molar-refractivity contribution >= 4 is 39.7 Å². The van der Waals surface area contributed by atoms with Crippen LogP contribution in [-0.4, -0.2) is 9.91 Å². The molecule has 0 N–H and O–H groups in total. The summed E-state index contributed by atoms with van der Waals surface area (Å²) in [5, 5.41) is 10.9. The molecule has 4 aromatic heterocycles. The second-order valence-corrected chi connectivity index (χ2v) is 10.6. The Balaban J connectivity index is 1.90. The van der Waals surface area contributed by atoms with Gasteiger partial charge in [0.15, 0.2) is 0 Å². The molecule has 7 heteroatoms. The first-order valence-corrected chi connectivity index (χ1v) is 11.2. The van der Waals surface area contributed by atoms with E-state index in [1.165, 1.54) is 53.3 Å². The first-order chi connectivity index (χ1) is 13.3. The minimum Gasteiger partial charge on any atom is -0.258 e. The van der Waals surface area contributed by atoms with Gasteiger partial charge >= 0.3 is 0 Å². The molecule has 142 valence electrons. The zero-order chi connectivity index (χ0) is 20.0. The maximum absolute atomic E-state index is 10.9. The van der Waals surface area contributed by atoms with Gasteiger partial charge in [0.1, 0.15) is 6.20 Å². The lowest BCUT2D eigenvalue weighted by molar-refractivity contribution is -0.385. The van der Waals surface area contributed by atoms with Crippen LogP contribution in [0, 0.1) is 37.8 Å². The molecule has 0 aliphatic heterocycles. The zero-order valence-corrected chi connectivity index (χ0v) is 18.3. The highest BCUT2D eigenvalue weighted by atomic mass is 32.1. The first-order valence-electron chi connectivity index (χ1n) is 8.73. The Morgan fingerprint density at radius 3 is 2.00 bits per heavy atom. The Hall–Kier alpha value is -2.35. The van der Waals surface area contributed by atoms with Gasteiger partial charge in [0.2, 0.25) is 0 Å². The van der Waals surface area contributed by atoms with Crippen LogP contribution < -0.4 is 0 Å². The molecule has 0 radical (unpaired) electrons. The van der Waals surface area contributed by atoms with Gasteiger partial charge in [0, 0.05) is 41.6 Å². The van der Waals surface area contributed by atoms with Gasteiger partial charge in [-0.25, -0.2) is 4.98 Å². The highest BCUT2D eigenvalue weighted by molar-refractivity contribution is 7.20. The number of hydrogen-bond acceptors (Lipinski definition) is 6. The van der Waals surface area contributed by atoms with Gasteiger partial charge < -0.3 is 0 Å². The summed E-state index contributed by atoms with van der Waals surface area (Å²) in [7, 11) is 0. The van der Waals surface area contributed by atoms with E-state index in [1.807, 2.05) is 0 Å². The van der Waals surface area contributed by atoms with Crippen molar-refractivity contribution < 1.29 is 4.92 Å². The van der Waals surface area contributed by atoms with E-state index in [2.05, 4.69) is 50.9 Å². The van der Waals surface area contributed by atoms with Gasteiger partial charge in [0.25, 0.3) is 5.69 Å². The molecule has 0 aliphatic rings. The highest BCUT2D eigenvalue weighted by Gasteiger charge is 2.20. The molecule has 0 fully saturated rings. The molecule has 0 spiro atoms. The van der Waals surface area contributed by atoms with Gasteiger partial charge in [-0.3, -0.25) is 10.1 Å². The van der Waals surface area contributed by atoms with E-state index in [9.17, 15) is 10.1 Å². The molecule has 4 heterocycles. The number of rotatable bonds is 4. The fraction of sp³-hybridized carbons (Fsp3) is 0.190. The lowest BCUT2D eigenvalue weighted by Crippen LogP contribution is -1.89. The Bertz CT molecular complexity index is 1120. The predicted octanol–water partition coefficient (Wildman–Crippen LogP) is 7.41. The summed E-state index contributed by atoms with van der Waals surface area (Å²) in [6.45, 7) is 8.58. The number of aryl methyl sites for hydroxylation is 4. The minimum atomic E-state index is -0.420. The van der Waals surface area contributed by atoms with Crippen molar-refractivity contribution in [2.24, 2.45) is 0 Å². The smallest absolute Gasteiger partial charge is 0.258 e.